The topological polar surface area (TPSA) is 45.9 Å². The lowest BCUT2D eigenvalue weighted by atomic mass is 10.1. The van der Waals surface area contributed by atoms with Crippen LogP contribution in [-0.4, -0.2) is 11.3 Å². The first-order chi connectivity index (χ1) is 7.89. The molecule has 0 saturated carbocycles. The molecule has 0 fully saturated rings. The van der Waals surface area contributed by atoms with Gasteiger partial charge in [-0.15, -0.1) is 13.2 Å². The zero-order valence-electron chi connectivity index (χ0n) is 8.18. The third kappa shape index (κ3) is 3.99. The van der Waals surface area contributed by atoms with E-state index >= 15 is 0 Å². The van der Waals surface area contributed by atoms with Crippen molar-refractivity contribution in [2.24, 2.45) is 0 Å². The van der Waals surface area contributed by atoms with Gasteiger partial charge in [-0.3, -0.25) is 0 Å². The molecule has 0 spiro atoms. The number of nitriles is 1. The minimum Gasteiger partial charge on any atom is -0.404 e. The van der Waals surface area contributed by atoms with E-state index in [2.05, 4.69) is 25.7 Å². The standard InChI is InChI=1S/C9H5BrF3IN2O/c10-3-6-5(1-2-15)7(4-16-8(6)14)17-9(11,12)13/h4H,1,3H2. The Kier molecular flexibility index (Phi) is 5.00. The molecule has 92 valence electrons. The lowest BCUT2D eigenvalue weighted by Gasteiger charge is -2.14. The van der Waals surface area contributed by atoms with Gasteiger partial charge >= 0.3 is 6.36 Å². The summed E-state index contributed by atoms with van der Waals surface area (Å²) in [7, 11) is 0. The maximum absolute atomic E-state index is 12.2. The third-order valence-corrected chi connectivity index (χ3v) is 3.31. The van der Waals surface area contributed by atoms with Gasteiger partial charge in [-0.2, -0.15) is 5.26 Å². The maximum Gasteiger partial charge on any atom is 0.573 e. The van der Waals surface area contributed by atoms with Gasteiger partial charge in [0.1, 0.15) is 3.70 Å². The predicted molar refractivity (Wildman–Crippen MR) is 65.6 cm³/mol. The second-order valence-electron chi connectivity index (χ2n) is 2.89. The summed E-state index contributed by atoms with van der Waals surface area (Å²) in [6.45, 7) is 0. The largest absolute Gasteiger partial charge is 0.573 e. The normalized spacial score (nSPS) is 11.1. The van der Waals surface area contributed by atoms with E-state index in [0.717, 1.165) is 6.20 Å². The van der Waals surface area contributed by atoms with Gasteiger partial charge < -0.3 is 4.74 Å². The summed E-state index contributed by atoms with van der Waals surface area (Å²) in [5, 5.41) is 8.94. The Balaban J connectivity index is 3.26. The summed E-state index contributed by atoms with van der Waals surface area (Å²) in [5.41, 5.74) is 0.745. The zero-order chi connectivity index (χ0) is 13.1. The highest BCUT2D eigenvalue weighted by Crippen LogP contribution is 2.31. The number of pyridine rings is 1. The van der Waals surface area contributed by atoms with Crippen LogP contribution in [-0.2, 0) is 11.8 Å². The molecule has 0 bridgehead atoms. The molecule has 0 aliphatic heterocycles. The Labute approximate surface area is 117 Å². The second kappa shape index (κ2) is 5.86. The molecule has 0 radical (unpaired) electrons. The third-order valence-electron chi connectivity index (χ3n) is 1.82. The highest BCUT2D eigenvalue weighted by molar-refractivity contribution is 14.1. The van der Waals surface area contributed by atoms with E-state index in [0.29, 0.717) is 14.6 Å². The first-order valence-electron chi connectivity index (χ1n) is 4.24. The Morgan fingerprint density at radius 3 is 2.59 bits per heavy atom. The van der Waals surface area contributed by atoms with Gasteiger partial charge in [-0.1, -0.05) is 15.9 Å². The fourth-order valence-corrected chi connectivity index (χ4v) is 2.95. The number of hydrogen-bond acceptors (Lipinski definition) is 3. The first-order valence-corrected chi connectivity index (χ1v) is 6.44. The SMILES string of the molecule is N#CCc1c(OC(F)(F)F)cnc(I)c1CBr. The van der Waals surface area contributed by atoms with Crippen molar-refractivity contribution in [3.05, 3.63) is 21.0 Å². The van der Waals surface area contributed by atoms with E-state index < -0.39 is 12.1 Å². The highest BCUT2D eigenvalue weighted by atomic mass is 127. The van der Waals surface area contributed by atoms with Crippen LogP contribution in [0.4, 0.5) is 13.2 Å². The Bertz CT molecular complexity index is 459. The Hall–Kier alpha value is -0.560. The van der Waals surface area contributed by atoms with Crippen molar-refractivity contribution in [1.82, 2.24) is 4.98 Å². The van der Waals surface area contributed by atoms with Gasteiger partial charge in [0.25, 0.3) is 0 Å². The van der Waals surface area contributed by atoms with Crippen molar-refractivity contribution in [2.45, 2.75) is 18.1 Å². The molecule has 17 heavy (non-hydrogen) atoms. The number of ether oxygens (including phenoxy) is 1. The number of halogens is 5. The molecule has 0 atom stereocenters. The van der Waals surface area contributed by atoms with Crippen molar-refractivity contribution in [2.75, 3.05) is 0 Å². The summed E-state index contributed by atoms with van der Waals surface area (Å²) < 4.78 is 40.8. The van der Waals surface area contributed by atoms with E-state index in [4.69, 9.17) is 5.26 Å². The van der Waals surface area contributed by atoms with Crippen LogP contribution in [0.2, 0.25) is 0 Å². The molecule has 0 aliphatic rings. The minimum absolute atomic E-state index is 0.162. The van der Waals surface area contributed by atoms with Crippen LogP contribution in [0.25, 0.3) is 0 Å². The molecular formula is C9H5BrF3IN2O. The average Bonchev–Trinajstić information content (AvgIpc) is 2.21. The molecule has 1 heterocycles. The van der Waals surface area contributed by atoms with Crippen LogP contribution in [0.1, 0.15) is 11.1 Å². The fraction of sp³-hybridized carbons (Fsp3) is 0.333. The lowest BCUT2D eigenvalue weighted by molar-refractivity contribution is -0.275. The molecule has 0 aromatic carbocycles. The molecule has 0 amide bonds. The minimum atomic E-state index is -4.79. The van der Waals surface area contributed by atoms with Gasteiger partial charge in [-0.25, -0.2) is 4.98 Å². The van der Waals surface area contributed by atoms with Crippen molar-refractivity contribution < 1.29 is 17.9 Å². The maximum atomic E-state index is 12.2. The van der Waals surface area contributed by atoms with Crippen molar-refractivity contribution in [1.29, 1.82) is 5.26 Å². The van der Waals surface area contributed by atoms with Crippen molar-refractivity contribution in [3.63, 3.8) is 0 Å². The highest BCUT2D eigenvalue weighted by Gasteiger charge is 2.33. The van der Waals surface area contributed by atoms with Gasteiger partial charge in [-0.05, 0) is 22.6 Å². The fourth-order valence-electron chi connectivity index (χ4n) is 1.17. The summed E-state index contributed by atoms with van der Waals surface area (Å²) in [4.78, 5) is 3.80. The van der Waals surface area contributed by atoms with Crippen molar-refractivity contribution in [3.8, 4) is 11.8 Å². The van der Waals surface area contributed by atoms with E-state index in [1.54, 1.807) is 0 Å². The van der Waals surface area contributed by atoms with Gasteiger partial charge in [0.2, 0.25) is 0 Å². The van der Waals surface area contributed by atoms with Crippen LogP contribution in [0.5, 0.6) is 5.75 Å². The van der Waals surface area contributed by atoms with E-state index in [9.17, 15) is 13.2 Å². The summed E-state index contributed by atoms with van der Waals surface area (Å²) >= 11 is 5.04. The smallest absolute Gasteiger partial charge is 0.404 e. The molecule has 0 unspecified atom stereocenters. The van der Waals surface area contributed by atoms with E-state index in [1.807, 2.05) is 28.7 Å². The molecule has 1 aromatic rings. The molecule has 3 nitrogen and oxygen atoms in total. The molecule has 0 N–H and O–H groups in total. The van der Waals surface area contributed by atoms with Gasteiger partial charge in [0.05, 0.1) is 18.7 Å². The number of alkyl halides is 4. The monoisotopic (exact) mass is 420 g/mol. The van der Waals surface area contributed by atoms with Gasteiger partial charge in [0, 0.05) is 16.5 Å². The summed E-state index contributed by atoms with van der Waals surface area (Å²) in [6.07, 6.45) is -3.97. The second-order valence-corrected chi connectivity index (χ2v) is 4.47. The quantitative estimate of drug-likeness (QED) is 0.427. The summed E-state index contributed by atoms with van der Waals surface area (Å²) in [6, 6.07) is 1.81. The Morgan fingerprint density at radius 1 is 1.47 bits per heavy atom. The average molecular weight is 421 g/mol. The van der Waals surface area contributed by atoms with Crippen LogP contribution in [0.3, 0.4) is 0 Å². The number of hydrogen-bond donors (Lipinski definition) is 0. The number of aromatic nitrogens is 1. The molecule has 1 aromatic heterocycles. The molecule has 8 heteroatoms. The van der Waals surface area contributed by atoms with Crippen LogP contribution < -0.4 is 4.74 Å². The zero-order valence-corrected chi connectivity index (χ0v) is 11.9. The lowest BCUT2D eigenvalue weighted by Crippen LogP contribution is -2.19. The van der Waals surface area contributed by atoms with E-state index in [-0.39, 0.29) is 12.0 Å². The van der Waals surface area contributed by atoms with Crippen LogP contribution >= 0.6 is 38.5 Å². The predicted octanol–water partition coefficient (Wildman–Crippen LogP) is 3.55. The number of nitrogens with zero attached hydrogens (tertiary/aromatic N) is 2. The van der Waals surface area contributed by atoms with Crippen LogP contribution in [0.15, 0.2) is 6.20 Å². The molecule has 1 rings (SSSR count). The number of rotatable bonds is 3. The molecule has 0 aliphatic carbocycles. The first kappa shape index (κ1) is 14.5. The van der Waals surface area contributed by atoms with Crippen LogP contribution in [0, 0.1) is 15.0 Å². The molecule has 0 saturated heterocycles. The molecular weight excluding hydrogens is 416 g/mol. The van der Waals surface area contributed by atoms with E-state index in [1.165, 1.54) is 0 Å². The summed E-state index contributed by atoms with van der Waals surface area (Å²) in [5.74, 6) is -0.422. The Morgan fingerprint density at radius 2 is 2.12 bits per heavy atom. The van der Waals surface area contributed by atoms with Crippen molar-refractivity contribution >= 4 is 38.5 Å². The van der Waals surface area contributed by atoms with Gasteiger partial charge in [0.15, 0.2) is 5.75 Å².